The Kier molecular flexibility index (Phi) is 2.19. The normalized spacial score (nSPS) is 10.9. The second-order valence-electron chi connectivity index (χ2n) is 3.58. The highest BCUT2D eigenvalue weighted by atomic mass is 35.5. The van der Waals surface area contributed by atoms with Crippen LogP contribution in [0.3, 0.4) is 0 Å². The van der Waals surface area contributed by atoms with Gasteiger partial charge in [-0.2, -0.15) is 9.61 Å². The minimum Gasteiger partial charge on any atom is -0.399 e. The van der Waals surface area contributed by atoms with Crippen molar-refractivity contribution in [2.24, 2.45) is 0 Å². The number of nitrogens with zero attached hydrogens (tertiary/aromatic N) is 4. The van der Waals surface area contributed by atoms with Gasteiger partial charge in [0.2, 0.25) is 0 Å². The molecule has 0 spiro atoms. The van der Waals surface area contributed by atoms with Crippen LogP contribution in [0.4, 0.5) is 5.69 Å². The number of nitrogens with two attached hydrogens (primary N) is 1. The molecule has 0 bridgehead atoms. The Balaban J connectivity index is 2.27. The largest absolute Gasteiger partial charge is 0.399 e. The lowest BCUT2D eigenvalue weighted by molar-refractivity contribution is 0.936. The maximum absolute atomic E-state index is 5.85. The van der Waals surface area contributed by atoms with E-state index in [0.717, 1.165) is 5.56 Å². The molecule has 0 fully saturated rings. The van der Waals surface area contributed by atoms with Gasteiger partial charge in [-0.3, -0.25) is 0 Å². The lowest BCUT2D eigenvalue weighted by Crippen LogP contribution is -1.95. The van der Waals surface area contributed by atoms with Crippen LogP contribution >= 0.6 is 11.6 Å². The van der Waals surface area contributed by atoms with E-state index in [4.69, 9.17) is 17.3 Å². The molecule has 0 aliphatic rings. The molecule has 0 radical (unpaired) electrons. The highest BCUT2D eigenvalue weighted by Gasteiger charge is 2.09. The fraction of sp³-hybridized carbons (Fsp3) is 0. The first kappa shape index (κ1) is 10.0. The van der Waals surface area contributed by atoms with E-state index in [1.54, 1.807) is 16.6 Å². The van der Waals surface area contributed by atoms with Crippen molar-refractivity contribution in [3.8, 4) is 11.4 Å². The third-order valence-electron chi connectivity index (χ3n) is 2.38. The number of fused-ring (bicyclic) bond motifs is 1. The van der Waals surface area contributed by atoms with Crippen molar-refractivity contribution in [2.45, 2.75) is 0 Å². The molecule has 3 rings (SSSR count). The Labute approximate surface area is 102 Å². The van der Waals surface area contributed by atoms with Gasteiger partial charge in [0, 0.05) is 11.3 Å². The van der Waals surface area contributed by atoms with Crippen molar-refractivity contribution in [3.63, 3.8) is 0 Å². The number of hydrogen-bond donors (Lipinski definition) is 1. The molecule has 5 nitrogen and oxygen atoms in total. The first-order valence-corrected chi connectivity index (χ1v) is 5.36. The molecule has 2 N–H and O–H groups in total. The minimum absolute atomic E-state index is 0.391. The molecule has 0 atom stereocenters. The zero-order valence-corrected chi connectivity index (χ0v) is 9.46. The van der Waals surface area contributed by atoms with Gasteiger partial charge in [0.25, 0.3) is 0 Å². The van der Waals surface area contributed by atoms with Gasteiger partial charge < -0.3 is 5.73 Å². The summed E-state index contributed by atoms with van der Waals surface area (Å²) in [4.78, 5) is 0. The van der Waals surface area contributed by atoms with E-state index in [0.29, 0.717) is 22.3 Å². The molecule has 0 unspecified atom stereocenters. The maximum atomic E-state index is 5.85. The van der Waals surface area contributed by atoms with Gasteiger partial charge in [-0.25, -0.2) is 0 Å². The Hall–Kier alpha value is -2.14. The monoisotopic (exact) mass is 245 g/mol. The first-order valence-electron chi connectivity index (χ1n) is 4.98. The summed E-state index contributed by atoms with van der Waals surface area (Å²) in [6, 6.07) is 10.8. The summed E-state index contributed by atoms with van der Waals surface area (Å²) in [5, 5.41) is 12.6. The van der Waals surface area contributed by atoms with Crippen LogP contribution < -0.4 is 5.73 Å². The van der Waals surface area contributed by atoms with Gasteiger partial charge in [-0.1, -0.05) is 23.7 Å². The fourth-order valence-corrected chi connectivity index (χ4v) is 1.76. The predicted molar refractivity (Wildman–Crippen MR) is 65.6 cm³/mol. The van der Waals surface area contributed by atoms with E-state index in [2.05, 4.69) is 15.3 Å². The molecule has 3 aromatic rings. The van der Waals surface area contributed by atoms with Crippen molar-refractivity contribution in [1.82, 2.24) is 19.8 Å². The van der Waals surface area contributed by atoms with E-state index in [1.807, 2.05) is 24.3 Å². The standard InChI is InChI=1S/C11H8ClN5/c12-9-4-5-10-14-15-11(17(10)16-9)7-2-1-3-8(13)6-7/h1-6H,13H2. The van der Waals surface area contributed by atoms with Crippen molar-refractivity contribution < 1.29 is 0 Å². The molecule has 0 aliphatic heterocycles. The Morgan fingerprint density at radius 3 is 2.82 bits per heavy atom. The van der Waals surface area contributed by atoms with Crippen LogP contribution in [0.5, 0.6) is 0 Å². The van der Waals surface area contributed by atoms with Crippen molar-refractivity contribution in [3.05, 3.63) is 41.6 Å². The molecule has 2 aromatic heterocycles. The molecule has 0 amide bonds. The summed E-state index contributed by atoms with van der Waals surface area (Å²) in [5.41, 5.74) is 7.90. The SMILES string of the molecule is Nc1cccc(-c2nnc3ccc(Cl)nn23)c1. The third kappa shape index (κ3) is 1.70. The van der Waals surface area contributed by atoms with Crippen LogP contribution in [-0.2, 0) is 0 Å². The lowest BCUT2D eigenvalue weighted by atomic mass is 10.2. The number of rotatable bonds is 1. The number of halogens is 1. The topological polar surface area (TPSA) is 69.1 Å². The summed E-state index contributed by atoms with van der Waals surface area (Å²) in [6.07, 6.45) is 0. The van der Waals surface area contributed by atoms with E-state index < -0.39 is 0 Å². The van der Waals surface area contributed by atoms with Gasteiger partial charge in [0.15, 0.2) is 11.5 Å². The number of benzene rings is 1. The summed E-state index contributed by atoms with van der Waals surface area (Å²) < 4.78 is 1.59. The number of anilines is 1. The molecular formula is C11H8ClN5. The number of aromatic nitrogens is 4. The lowest BCUT2D eigenvalue weighted by Gasteiger charge is -2.00. The van der Waals surface area contributed by atoms with E-state index >= 15 is 0 Å². The number of nitrogen functional groups attached to an aromatic ring is 1. The van der Waals surface area contributed by atoms with E-state index in [1.165, 1.54) is 0 Å². The zero-order chi connectivity index (χ0) is 11.8. The Morgan fingerprint density at radius 2 is 2.00 bits per heavy atom. The fourth-order valence-electron chi connectivity index (χ4n) is 1.62. The smallest absolute Gasteiger partial charge is 0.185 e. The molecule has 84 valence electrons. The highest BCUT2D eigenvalue weighted by molar-refractivity contribution is 6.29. The zero-order valence-electron chi connectivity index (χ0n) is 8.71. The molecule has 0 aliphatic carbocycles. The molecule has 1 aromatic carbocycles. The first-order chi connectivity index (χ1) is 8.24. The van der Waals surface area contributed by atoms with Gasteiger partial charge in [0.1, 0.15) is 5.15 Å². The number of hydrogen-bond acceptors (Lipinski definition) is 4. The van der Waals surface area contributed by atoms with Crippen LogP contribution in [0.25, 0.3) is 17.0 Å². The van der Waals surface area contributed by atoms with Crippen molar-refractivity contribution in [1.29, 1.82) is 0 Å². The minimum atomic E-state index is 0.391. The molecule has 17 heavy (non-hydrogen) atoms. The average Bonchev–Trinajstić information content (AvgIpc) is 2.71. The second kappa shape index (κ2) is 3.71. The van der Waals surface area contributed by atoms with Gasteiger partial charge >= 0.3 is 0 Å². The van der Waals surface area contributed by atoms with Crippen LogP contribution in [0.1, 0.15) is 0 Å². The Bertz CT molecular complexity index is 691. The predicted octanol–water partition coefficient (Wildman–Crippen LogP) is 2.03. The van der Waals surface area contributed by atoms with Gasteiger partial charge in [0.05, 0.1) is 0 Å². The summed E-state index contributed by atoms with van der Waals surface area (Å²) in [5.74, 6) is 0.620. The molecule has 2 heterocycles. The van der Waals surface area contributed by atoms with Gasteiger partial charge in [-0.15, -0.1) is 10.2 Å². The summed E-state index contributed by atoms with van der Waals surface area (Å²) in [6.45, 7) is 0. The second-order valence-corrected chi connectivity index (χ2v) is 3.96. The summed E-state index contributed by atoms with van der Waals surface area (Å²) in [7, 11) is 0. The van der Waals surface area contributed by atoms with E-state index in [9.17, 15) is 0 Å². The Morgan fingerprint density at radius 1 is 1.12 bits per heavy atom. The molecule has 6 heteroatoms. The third-order valence-corrected chi connectivity index (χ3v) is 2.58. The van der Waals surface area contributed by atoms with Gasteiger partial charge in [-0.05, 0) is 24.3 Å². The highest BCUT2D eigenvalue weighted by Crippen LogP contribution is 2.20. The van der Waals surface area contributed by atoms with Crippen LogP contribution in [-0.4, -0.2) is 19.8 Å². The van der Waals surface area contributed by atoms with Crippen molar-refractivity contribution >= 4 is 22.9 Å². The van der Waals surface area contributed by atoms with Crippen LogP contribution in [0, 0.1) is 0 Å². The molecular weight excluding hydrogens is 238 g/mol. The summed E-state index contributed by atoms with van der Waals surface area (Å²) >= 11 is 5.85. The van der Waals surface area contributed by atoms with Crippen LogP contribution in [0.2, 0.25) is 5.15 Å². The molecule has 0 saturated heterocycles. The molecule has 0 saturated carbocycles. The maximum Gasteiger partial charge on any atom is 0.185 e. The quantitative estimate of drug-likeness (QED) is 0.666. The van der Waals surface area contributed by atoms with E-state index in [-0.39, 0.29) is 0 Å². The van der Waals surface area contributed by atoms with Crippen LogP contribution in [0.15, 0.2) is 36.4 Å². The van der Waals surface area contributed by atoms with Crippen molar-refractivity contribution in [2.75, 3.05) is 5.73 Å². The average molecular weight is 246 g/mol.